The maximum Gasteiger partial charge on any atom is 0.129 e. The van der Waals surface area contributed by atoms with Gasteiger partial charge in [-0.25, -0.2) is 4.98 Å². The maximum absolute atomic E-state index is 4.72. The summed E-state index contributed by atoms with van der Waals surface area (Å²) in [7, 11) is 0. The van der Waals surface area contributed by atoms with E-state index in [4.69, 9.17) is 4.98 Å². The molecule has 1 aromatic rings. The molecule has 18 heavy (non-hydrogen) atoms. The fourth-order valence-corrected chi connectivity index (χ4v) is 2.74. The van der Waals surface area contributed by atoms with E-state index in [-0.39, 0.29) is 0 Å². The topological polar surface area (TPSA) is 28.2 Å². The summed E-state index contributed by atoms with van der Waals surface area (Å²) in [5.41, 5.74) is 1.07. The molecule has 0 aromatic carbocycles. The second kappa shape index (κ2) is 6.53. The van der Waals surface area contributed by atoms with Crippen molar-refractivity contribution in [2.75, 3.05) is 24.5 Å². The Morgan fingerprint density at radius 1 is 1.50 bits per heavy atom. The van der Waals surface area contributed by atoms with E-state index in [1.165, 1.54) is 12.8 Å². The molecule has 0 radical (unpaired) electrons. The number of nitrogens with zero attached hydrogens (tertiary/aromatic N) is 2. The molecule has 0 amide bonds. The van der Waals surface area contributed by atoms with Gasteiger partial charge >= 0.3 is 0 Å². The normalized spacial score (nSPS) is 19.8. The number of anilines is 1. The van der Waals surface area contributed by atoms with Gasteiger partial charge in [-0.1, -0.05) is 6.92 Å². The first kappa shape index (κ1) is 13.8. The van der Waals surface area contributed by atoms with Gasteiger partial charge in [-0.05, 0) is 60.8 Å². The Labute approximate surface area is 118 Å². The zero-order valence-electron chi connectivity index (χ0n) is 11.2. The van der Waals surface area contributed by atoms with Gasteiger partial charge in [0.05, 0.1) is 5.69 Å². The summed E-state index contributed by atoms with van der Waals surface area (Å²) in [4.78, 5) is 7.18. The molecule has 1 aliphatic rings. The highest BCUT2D eigenvalue weighted by Crippen LogP contribution is 2.23. The van der Waals surface area contributed by atoms with Gasteiger partial charge in [-0.2, -0.15) is 0 Å². The Bertz CT molecular complexity index is 389. The number of rotatable bonds is 4. The van der Waals surface area contributed by atoms with E-state index >= 15 is 0 Å². The van der Waals surface area contributed by atoms with Crippen LogP contribution in [0.5, 0.6) is 0 Å². The first-order valence-corrected chi connectivity index (χ1v) is 7.62. The van der Waals surface area contributed by atoms with Gasteiger partial charge in [0.25, 0.3) is 0 Å². The van der Waals surface area contributed by atoms with Crippen LogP contribution in [0.15, 0.2) is 16.6 Å². The summed E-state index contributed by atoms with van der Waals surface area (Å²) in [5, 5.41) is 3.49. The standard InChI is InChI=1S/C14H22BrN3/c1-3-9-18(12-5-4-8-16-10-12)14-7-6-13(15)11(2)17-14/h6-7,12,16H,3-5,8-10H2,1-2H3. The lowest BCUT2D eigenvalue weighted by molar-refractivity contribution is 0.429. The molecule has 100 valence electrons. The van der Waals surface area contributed by atoms with Crippen molar-refractivity contribution < 1.29 is 0 Å². The number of pyridine rings is 1. The molecule has 1 aromatic heterocycles. The van der Waals surface area contributed by atoms with Gasteiger partial charge in [-0.15, -0.1) is 0 Å². The van der Waals surface area contributed by atoms with Crippen LogP contribution in [0.1, 0.15) is 31.9 Å². The molecule has 0 bridgehead atoms. The SMILES string of the molecule is CCCN(c1ccc(Br)c(C)n1)C1CCCNC1. The minimum Gasteiger partial charge on any atom is -0.352 e. The number of halogens is 1. The number of hydrogen-bond donors (Lipinski definition) is 1. The van der Waals surface area contributed by atoms with E-state index in [0.29, 0.717) is 6.04 Å². The molecule has 4 heteroatoms. The van der Waals surface area contributed by atoms with Crippen LogP contribution in [0.3, 0.4) is 0 Å². The molecule has 3 nitrogen and oxygen atoms in total. The van der Waals surface area contributed by atoms with E-state index in [1.807, 2.05) is 0 Å². The number of hydrogen-bond acceptors (Lipinski definition) is 3. The van der Waals surface area contributed by atoms with E-state index < -0.39 is 0 Å². The van der Waals surface area contributed by atoms with Crippen molar-refractivity contribution in [1.82, 2.24) is 10.3 Å². The van der Waals surface area contributed by atoms with E-state index in [2.05, 4.69) is 52.1 Å². The van der Waals surface area contributed by atoms with E-state index in [1.54, 1.807) is 0 Å². The van der Waals surface area contributed by atoms with Crippen LogP contribution in [0.2, 0.25) is 0 Å². The van der Waals surface area contributed by atoms with Crippen LogP contribution in [0, 0.1) is 6.92 Å². The van der Waals surface area contributed by atoms with Gasteiger partial charge in [-0.3, -0.25) is 0 Å². The van der Waals surface area contributed by atoms with Crippen molar-refractivity contribution in [1.29, 1.82) is 0 Å². The maximum atomic E-state index is 4.72. The highest BCUT2D eigenvalue weighted by molar-refractivity contribution is 9.10. The van der Waals surface area contributed by atoms with Gasteiger partial charge in [0.2, 0.25) is 0 Å². The van der Waals surface area contributed by atoms with Crippen LogP contribution in [0.25, 0.3) is 0 Å². The van der Waals surface area contributed by atoms with Gasteiger partial charge in [0, 0.05) is 23.6 Å². The Hall–Kier alpha value is -0.610. The summed E-state index contributed by atoms with van der Waals surface area (Å²) in [6.45, 7) is 7.60. The Balaban J connectivity index is 2.19. The van der Waals surface area contributed by atoms with Crippen molar-refractivity contribution in [2.24, 2.45) is 0 Å². The fraction of sp³-hybridized carbons (Fsp3) is 0.643. The second-order valence-electron chi connectivity index (χ2n) is 4.93. The number of aryl methyl sites for hydroxylation is 1. The fourth-order valence-electron chi connectivity index (χ4n) is 2.52. The average Bonchev–Trinajstić information content (AvgIpc) is 2.40. The molecule has 1 atom stereocenters. The molecule has 0 spiro atoms. The molecule has 1 saturated heterocycles. The van der Waals surface area contributed by atoms with Gasteiger partial charge in [0.1, 0.15) is 5.82 Å². The summed E-state index contributed by atoms with van der Waals surface area (Å²) in [6, 6.07) is 4.82. The molecule has 1 unspecified atom stereocenters. The smallest absolute Gasteiger partial charge is 0.129 e. The molecule has 2 heterocycles. The van der Waals surface area contributed by atoms with Crippen LogP contribution in [-0.2, 0) is 0 Å². The van der Waals surface area contributed by atoms with Crippen molar-refractivity contribution in [3.05, 3.63) is 22.3 Å². The molecule has 0 saturated carbocycles. The summed E-state index contributed by atoms with van der Waals surface area (Å²) >= 11 is 3.52. The Morgan fingerprint density at radius 3 is 2.94 bits per heavy atom. The number of aromatic nitrogens is 1. The monoisotopic (exact) mass is 311 g/mol. The Morgan fingerprint density at radius 2 is 2.33 bits per heavy atom. The molecule has 1 aliphatic heterocycles. The molecule has 0 aliphatic carbocycles. The third-order valence-corrected chi connectivity index (χ3v) is 4.32. The first-order chi connectivity index (χ1) is 8.72. The largest absolute Gasteiger partial charge is 0.352 e. The third-order valence-electron chi connectivity index (χ3n) is 3.48. The molecular formula is C14H22BrN3. The minimum absolute atomic E-state index is 0.590. The zero-order valence-corrected chi connectivity index (χ0v) is 12.8. The minimum atomic E-state index is 0.590. The summed E-state index contributed by atoms with van der Waals surface area (Å²) < 4.78 is 1.09. The first-order valence-electron chi connectivity index (χ1n) is 6.83. The third kappa shape index (κ3) is 3.23. The van der Waals surface area contributed by atoms with E-state index in [9.17, 15) is 0 Å². The number of nitrogens with one attached hydrogen (secondary N) is 1. The highest BCUT2D eigenvalue weighted by Gasteiger charge is 2.21. The highest BCUT2D eigenvalue weighted by atomic mass is 79.9. The van der Waals surface area contributed by atoms with Crippen molar-refractivity contribution in [3.8, 4) is 0 Å². The average molecular weight is 312 g/mol. The quantitative estimate of drug-likeness (QED) is 0.926. The summed E-state index contributed by atoms with van der Waals surface area (Å²) in [5.74, 6) is 1.12. The van der Waals surface area contributed by atoms with E-state index in [0.717, 1.165) is 42.0 Å². The molecular weight excluding hydrogens is 290 g/mol. The lowest BCUT2D eigenvalue weighted by atomic mass is 10.1. The predicted octanol–water partition coefficient (Wildman–Crippen LogP) is 3.12. The van der Waals surface area contributed by atoms with Crippen LogP contribution < -0.4 is 10.2 Å². The molecule has 2 rings (SSSR count). The van der Waals surface area contributed by atoms with Crippen molar-refractivity contribution in [2.45, 2.75) is 39.2 Å². The number of piperidine rings is 1. The predicted molar refractivity (Wildman–Crippen MR) is 80.2 cm³/mol. The lowest BCUT2D eigenvalue weighted by Crippen LogP contribution is -2.46. The van der Waals surface area contributed by atoms with Crippen molar-refractivity contribution in [3.63, 3.8) is 0 Å². The van der Waals surface area contributed by atoms with Crippen molar-refractivity contribution >= 4 is 21.7 Å². The molecule has 1 fully saturated rings. The lowest BCUT2D eigenvalue weighted by Gasteiger charge is -2.35. The second-order valence-corrected chi connectivity index (χ2v) is 5.78. The van der Waals surface area contributed by atoms with Gasteiger partial charge < -0.3 is 10.2 Å². The van der Waals surface area contributed by atoms with Crippen LogP contribution >= 0.6 is 15.9 Å². The summed E-state index contributed by atoms with van der Waals surface area (Å²) in [6.07, 6.45) is 3.69. The van der Waals surface area contributed by atoms with Crippen LogP contribution in [-0.4, -0.2) is 30.7 Å². The van der Waals surface area contributed by atoms with Crippen LogP contribution in [0.4, 0.5) is 5.82 Å². The molecule has 1 N–H and O–H groups in total. The van der Waals surface area contributed by atoms with Gasteiger partial charge in [0.15, 0.2) is 0 Å². The zero-order chi connectivity index (χ0) is 13.0. The Kier molecular flexibility index (Phi) is 5.01.